The molecule has 0 saturated heterocycles. The zero-order chi connectivity index (χ0) is 11.7. The second kappa shape index (κ2) is 3.89. The second-order valence-electron chi connectivity index (χ2n) is 3.54. The Morgan fingerprint density at radius 2 is 2.25 bits per heavy atom. The highest BCUT2D eigenvalue weighted by Crippen LogP contribution is 2.32. The summed E-state index contributed by atoms with van der Waals surface area (Å²) >= 11 is 0. The maximum Gasteiger partial charge on any atom is 0.338 e. The molecule has 2 rings (SSSR count). The van der Waals surface area contributed by atoms with E-state index in [0.29, 0.717) is 11.1 Å². The van der Waals surface area contributed by atoms with Gasteiger partial charge in [0.25, 0.3) is 0 Å². The molecule has 84 valence electrons. The minimum absolute atomic E-state index is 0.252. The van der Waals surface area contributed by atoms with Gasteiger partial charge in [-0.3, -0.25) is 0 Å². The van der Waals surface area contributed by atoms with Crippen LogP contribution < -0.4 is 4.74 Å². The third-order valence-electron chi connectivity index (χ3n) is 2.70. The van der Waals surface area contributed by atoms with Crippen molar-refractivity contribution in [3.63, 3.8) is 0 Å². The lowest BCUT2D eigenvalue weighted by molar-refractivity contribution is 0.0699. The number of carboxylic acid groups (broad SMARTS) is 1. The van der Waals surface area contributed by atoms with Crippen molar-refractivity contribution >= 4 is 16.9 Å². The molecule has 2 aromatic rings. The highest BCUT2D eigenvalue weighted by atomic mass is 16.5. The molecule has 0 aliphatic carbocycles. The summed E-state index contributed by atoms with van der Waals surface area (Å²) < 4.78 is 5.32. The van der Waals surface area contributed by atoms with Crippen molar-refractivity contribution in [2.75, 3.05) is 7.11 Å². The highest BCUT2D eigenvalue weighted by Gasteiger charge is 2.16. The van der Waals surface area contributed by atoms with Crippen molar-refractivity contribution in [1.82, 2.24) is 4.98 Å². The van der Waals surface area contributed by atoms with Gasteiger partial charge in [-0.15, -0.1) is 0 Å². The Balaban J connectivity index is 2.82. The van der Waals surface area contributed by atoms with E-state index >= 15 is 0 Å². The average molecular weight is 219 g/mol. The van der Waals surface area contributed by atoms with Gasteiger partial charge in [-0.1, -0.05) is 13.0 Å². The van der Waals surface area contributed by atoms with Crippen molar-refractivity contribution in [1.29, 1.82) is 0 Å². The molecule has 4 heteroatoms. The van der Waals surface area contributed by atoms with Crippen LogP contribution in [-0.4, -0.2) is 23.2 Å². The van der Waals surface area contributed by atoms with E-state index in [2.05, 4.69) is 4.98 Å². The van der Waals surface area contributed by atoms with Crippen LogP contribution in [0, 0.1) is 0 Å². The van der Waals surface area contributed by atoms with E-state index in [-0.39, 0.29) is 5.56 Å². The standard InChI is InChI=1S/C12H13NO3/c1-3-7-4-5-9-10(11(7)16-2)8(6-13-9)12(14)15/h4-6,13H,3H2,1-2H3,(H,14,15). The van der Waals surface area contributed by atoms with Gasteiger partial charge in [-0.05, 0) is 18.1 Å². The monoisotopic (exact) mass is 219 g/mol. The van der Waals surface area contributed by atoms with Gasteiger partial charge in [-0.2, -0.15) is 0 Å². The van der Waals surface area contributed by atoms with Crippen molar-refractivity contribution in [2.24, 2.45) is 0 Å². The Morgan fingerprint density at radius 3 is 2.81 bits per heavy atom. The number of ether oxygens (including phenoxy) is 1. The lowest BCUT2D eigenvalue weighted by Crippen LogP contribution is -1.97. The number of carbonyl (C=O) groups is 1. The molecule has 0 aliphatic rings. The number of aryl methyl sites for hydroxylation is 1. The average Bonchev–Trinajstić information content (AvgIpc) is 2.71. The van der Waals surface area contributed by atoms with Gasteiger partial charge in [0.1, 0.15) is 5.75 Å². The maximum absolute atomic E-state index is 11.1. The van der Waals surface area contributed by atoms with E-state index in [1.165, 1.54) is 6.20 Å². The van der Waals surface area contributed by atoms with E-state index in [1.807, 2.05) is 19.1 Å². The summed E-state index contributed by atoms with van der Waals surface area (Å²) in [6, 6.07) is 3.83. The Bertz CT molecular complexity index is 542. The fourth-order valence-corrected chi connectivity index (χ4v) is 1.92. The van der Waals surface area contributed by atoms with Crippen LogP contribution >= 0.6 is 0 Å². The van der Waals surface area contributed by atoms with Gasteiger partial charge in [0.2, 0.25) is 0 Å². The predicted octanol–water partition coefficient (Wildman–Crippen LogP) is 2.44. The van der Waals surface area contributed by atoms with Gasteiger partial charge in [-0.25, -0.2) is 4.79 Å². The molecule has 0 saturated carbocycles. The number of carboxylic acids is 1. The van der Waals surface area contributed by atoms with E-state index in [9.17, 15) is 4.79 Å². The van der Waals surface area contributed by atoms with Crippen LogP contribution in [-0.2, 0) is 6.42 Å². The van der Waals surface area contributed by atoms with Crippen LogP contribution in [0.2, 0.25) is 0 Å². The van der Waals surface area contributed by atoms with Crippen LogP contribution in [0.4, 0.5) is 0 Å². The molecular weight excluding hydrogens is 206 g/mol. The molecule has 1 aromatic heterocycles. The zero-order valence-electron chi connectivity index (χ0n) is 9.20. The fraction of sp³-hybridized carbons (Fsp3) is 0.250. The molecule has 0 amide bonds. The number of aromatic amines is 1. The van der Waals surface area contributed by atoms with Crippen LogP contribution in [0.5, 0.6) is 5.75 Å². The molecule has 0 radical (unpaired) electrons. The Morgan fingerprint density at radius 1 is 1.50 bits per heavy atom. The number of aromatic nitrogens is 1. The molecule has 2 N–H and O–H groups in total. The second-order valence-corrected chi connectivity index (χ2v) is 3.54. The van der Waals surface area contributed by atoms with E-state index < -0.39 is 5.97 Å². The largest absolute Gasteiger partial charge is 0.496 e. The SMILES string of the molecule is CCc1ccc2[nH]cc(C(=O)O)c2c1OC. The van der Waals surface area contributed by atoms with Gasteiger partial charge >= 0.3 is 5.97 Å². The smallest absolute Gasteiger partial charge is 0.338 e. The van der Waals surface area contributed by atoms with Crippen LogP contribution in [0.3, 0.4) is 0 Å². The molecule has 0 atom stereocenters. The number of hydrogen-bond donors (Lipinski definition) is 2. The van der Waals surface area contributed by atoms with Gasteiger partial charge < -0.3 is 14.8 Å². The lowest BCUT2D eigenvalue weighted by atomic mass is 10.1. The molecule has 0 spiro atoms. The first kappa shape index (κ1) is 10.5. The summed E-state index contributed by atoms with van der Waals surface area (Å²) in [6.07, 6.45) is 2.30. The predicted molar refractivity (Wildman–Crippen MR) is 61.2 cm³/mol. The van der Waals surface area contributed by atoms with Crippen LogP contribution in [0.1, 0.15) is 22.8 Å². The van der Waals surface area contributed by atoms with E-state index in [0.717, 1.165) is 17.5 Å². The van der Waals surface area contributed by atoms with Gasteiger partial charge in [0, 0.05) is 6.20 Å². The molecule has 1 heterocycles. The topological polar surface area (TPSA) is 62.3 Å². The van der Waals surface area contributed by atoms with Crippen molar-refractivity contribution in [3.8, 4) is 5.75 Å². The minimum Gasteiger partial charge on any atom is -0.496 e. The molecule has 0 aliphatic heterocycles. The van der Waals surface area contributed by atoms with E-state index in [4.69, 9.17) is 9.84 Å². The summed E-state index contributed by atoms with van der Waals surface area (Å²) in [7, 11) is 1.56. The summed E-state index contributed by atoms with van der Waals surface area (Å²) in [5.41, 5.74) is 2.05. The van der Waals surface area contributed by atoms with Crippen molar-refractivity contribution in [3.05, 3.63) is 29.5 Å². The Labute approximate surface area is 92.9 Å². The number of fused-ring (bicyclic) bond motifs is 1. The number of H-pyrrole nitrogens is 1. The molecule has 4 nitrogen and oxygen atoms in total. The fourth-order valence-electron chi connectivity index (χ4n) is 1.92. The minimum atomic E-state index is -0.946. The Hall–Kier alpha value is -1.97. The molecule has 1 aromatic carbocycles. The lowest BCUT2D eigenvalue weighted by Gasteiger charge is -2.08. The van der Waals surface area contributed by atoms with Crippen molar-refractivity contribution < 1.29 is 14.6 Å². The number of benzene rings is 1. The third kappa shape index (κ3) is 1.43. The quantitative estimate of drug-likeness (QED) is 0.833. The maximum atomic E-state index is 11.1. The highest BCUT2D eigenvalue weighted by molar-refractivity contribution is 6.06. The first-order chi connectivity index (χ1) is 7.69. The number of methoxy groups -OCH3 is 1. The van der Waals surface area contributed by atoms with Crippen LogP contribution in [0.15, 0.2) is 18.3 Å². The zero-order valence-corrected chi connectivity index (χ0v) is 9.20. The summed E-state index contributed by atoms with van der Waals surface area (Å²) in [6.45, 7) is 2.01. The first-order valence-electron chi connectivity index (χ1n) is 5.09. The number of rotatable bonds is 3. The van der Waals surface area contributed by atoms with Gasteiger partial charge in [0.05, 0.1) is 23.6 Å². The van der Waals surface area contributed by atoms with E-state index in [1.54, 1.807) is 7.11 Å². The molecule has 0 unspecified atom stereocenters. The van der Waals surface area contributed by atoms with Gasteiger partial charge in [0.15, 0.2) is 0 Å². The summed E-state index contributed by atoms with van der Waals surface area (Å²) in [5.74, 6) is -0.295. The summed E-state index contributed by atoms with van der Waals surface area (Å²) in [4.78, 5) is 14.0. The van der Waals surface area contributed by atoms with Crippen LogP contribution in [0.25, 0.3) is 10.9 Å². The summed E-state index contributed by atoms with van der Waals surface area (Å²) in [5, 5.41) is 9.73. The molecule has 0 bridgehead atoms. The molecule has 0 fully saturated rings. The Kier molecular flexibility index (Phi) is 2.56. The first-order valence-corrected chi connectivity index (χ1v) is 5.09. The van der Waals surface area contributed by atoms with Crippen molar-refractivity contribution in [2.45, 2.75) is 13.3 Å². The number of nitrogens with one attached hydrogen (secondary N) is 1. The molecular formula is C12H13NO3. The normalized spacial score (nSPS) is 10.6. The molecule has 16 heavy (non-hydrogen) atoms. The number of aromatic carboxylic acids is 1. The number of hydrogen-bond acceptors (Lipinski definition) is 2. The third-order valence-corrected chi connectivity index (χ3v) is 2.70.